The number of nitrogens with two attached hydrogens (primary N) is 1. The fourth-order valence-corrected chi connectivity index (χ4v) is 1.89. The van der Waals surface area contributed by atoms with E-state index in [1.807, 2.05) is 36.4 Å². The van der Waals surface area contributed by atoms with Crippen molar-refractivity contribution in [1.29, 1.82) is 0 Å². The van der Waals surface area contributed by atoms with E-state index in [4.69, 9.17) is 5.73 Å². The molecule has 98 valence electrons. The molecule has 2 aromatic rings. The molecule has 3 N–H and O–H groups in total. The molecule has 0 aliphatic rings. The Morgan fingerprint density at radius 1 is 1.11 bits per heavy atom. The highest BCUT2D eigenvalue weighted by atomic mass is 16.1. The number of hydrogen-bond donors (Lipinski definition) is 2. The van der Waals surface area contributed by atoms with Crippen molar-refractivity contribution in [2.24, 2.45) is 5.73 Å². The second kappa shape index (κ2) is 6.16. The number of ketones is 1. The topological polar surface area (TPSA) is 55.1 Å². The van der Waals surface area contributed by atoms with E-state index >= 15 is 0 Å². The van der Waals surface area contributed by atoms with Crippen molar-refractivity contribution in [1.82, 2.24) is 0 Å². The summed E-state index contributed by atoms with van der Waals surface area (Å²) < 4.78 is 0. The van der Waals surface area contributed by atoms with Crippen LogP contribution in [0, 0.1) is 0 Å². The molecule has 0 atom stereocenters. The maximum Gasteiger partial charge on any atom is 0.159 e. The summed E-state index contributed by atoms with van der Waals surface area (Å²) in [5.74, 6) is 0.0854. The Kier molecular flexibility index (Phi) is 4.31. The number of Topliss-reactive ketones (excluding diaryl/α,β-unsaturated/α-hetero) is 1. The molecule has 0 saturated carbocycles. The monoisotopic (exact) mass is 254 g/mol. The van der Waals surface area contributed by atoms with E-state index in [1.54, 1.807) is 6.92 Å². The normalized spacial score (nSPS) is 10.2. The highest BCUT2D eigenvalue weighted by Crippen LogP contribution is 2.12. The summed E-state index contributed by atoms with van der Waals surface area (Å²) in [4.78, 5) is 11.2. The van der Waals surface area contributed by atoms with Gasteiger partial charge in [0, 0.05) is 24.3 Å². The van der Waals surface area contributed by atoms with Crippen LogP contribution in [-0.4, -0.2) is 5.78 Å². The molecule has 19 heavy (non-hydrogen) atoms. The predicted octanol–water partition coefficient (Wildman–Crippen LogP) is 2.96. The smallest absolute Gasteiger partial charge is 0.159 e. The minimum absolute atomic E-state index is 0.0854. The number of benzene rings is 2. The predicted molar refractivity (Wildman–Crippen MR) is 78.1 cm³/mol. The third kappa shape index (κ3) is 3.66. The van der Waals surface area contributed by atoms with Crippen LogP contribution in [0.25, 0.3) is 0 Å². The maximum absolute atomic E-state index is 11.2. The maximum atomic E-state index is 11.2. The summed E-state index contributed by atoms with van der Waals surface area (Å²) in [6, 6.07) is 15.7. The van der Waals surface area contributed by atoms with Gasteiger partial charge in [0.15, 0.2) is 5.78 Å². The molecule has 0 aromatic heterocycles. The molecule has 0 aliphatic heterocycles. The second-order valence-electron chi connectivity index (χ2n) is 4.51. The minimum Gasteiger partial charge on any atom is -0.381 e. The molecule has 2 aromatic carbocycles. The highest BCUT2D eigenvalue weighted by molar-refractivity contribution is 5.94. The van der Waals surface area contributed by atoms with Gasteiger partial charge in [0.25, 0.3) is 0 Å². The van der Waals surface area contributed by atoms with Crippen molar-refractivity contribution in [3.8, 4) is 0 Å². The zero-order valence-electron chi connectivity index (χ0n) is 11.0. The lowest BCUT2D eigenvalue weighted by molar-refractivity contribution is 0.101. The summed E-state index contributed by atoms with van der Waals surface area (Å²) in [6.45, 7) is 2.87. The van der Waals surface area contributed by atoms with Gasteiger partial charge in [-0.3, -0.25) is 4.79 Å². The summed E-state index contributed by atoms with van der Waals surface area (Å²) in [5.41, 5.74) is 9.68. The Hall–Kier alpha value is -2.13. The lowest BCUT2D eigenvalue weighted by Crippen LogP contribution is -2.02. The van der Waals surface area contributed by atoms with E-state index < -0.39 is 0 Å². The number of carbonyl (C=O) groups is 1. The van der Waals surface area contributed by atoms with Gasteiger partial charge in [0.05, 0.1) is 0 Å². The first kappa shape index (κ1) is 13.3. The molecule has 0 spiro atoms. The van der Waals surface area contributed by atoms with Crippen LogP contribution >= 0.6 is 0 Å². The largest absolute Gasteiger partial charge is 0.381 e. The van der Waals surface area contributed by atoms with Crippen molar-refractivity contribution in [3.63, 3.8) is 0 Å². The lowest BCUT2D eigenvalue weighted by Gasteiger charge is -2.08. The van der Waals surface area contributed by atoms with Crippen molar-refractivity contribution in [3.05, 3.63) is 65.2 Å². The van der Waals surface area contributed by atoms with Gasteiger partial charge in [0.1, 0.15) is 0 Å². The average Bonchev–Trinajstić information content (AvgIpc) is 2.46. The molecule has 3 nitrogen and oxygen atoms in total. The van der Waals surface area contributed by atoms with Crippen LogP contribution in [0.3, 0.4) is 0 Å². The third-order valence-electron chi connectivity index (χ3n) is 3.02. The first-order valence-corrected chi connectivity index (χ1v) is 6.32. The van der Waals surface area contributed by atoms with Crippen LogP contribution in [0.5, 0.6) is 0 Å². The van der Waals surface area contributed by atoms with Gasteiger partial charge in [-0.15, -0.1) is 0 Å². The second-order valence-corrected chi connectivity index (χ2v) is 4.51. The first-order chi connectivity index (χ1) is 9.19. The Labute approximate surface area is 113 Å². The van der Waals surface area contributed by atoms with E-state index in [0.717, 1.165) is 23.4 Å². The van der Waals surface area contributed by atoms with Crippen molar-refractivity contribution in [2.45, 2.75) is 20.0 Å². The number of carbonyl (C=O) groups excluding carboxylic acids is 1. The number of nitrogens with one attached hydrogen (secondary N) is 1. The zero-order valence-corrected chi connectivity index (χ0v) is 11.0. The molecule has 3 heteroatoms. The fourth-order valence-electron chi connectivity index (χ4n) is 1.89. The molecule has 0 bridgehead atoms. The molecular formula is C16H18N2O. The van der Waals surface area contributed by atoms with E-state index in [2.05, 4.69) is 17.4 Å². The SMILES string of the molecule is CC(=O)c1ccc(NCc2cccc(CN)c2)cc1. The molecule has 0 radical (unpaired) electrons. The molecule has 0 heterocycles. The van der Waals surface area contributed by atoms with E-state index in [0.29, 0.717) is 6.54 Å². The van der Waals surface area contributed by atoms with Crippen LogP contribution in [0.2, 0.25) is 0 Å². The quantitative estimate of drug-likeness (QED) is 0.806. The number of anilines is 1. The Morgan fingerprint density at radius 2 is 1.79 bits per heavy atom. The number of hydrogen-bond acceptors (Lipinski definition) is 3. The van der Waals surface area contributed by atoms with E-state index in [1.165, 1.54) is 5.56 Å². The molecular weight excluding hydrogens is 236 g/mol. The van der Waals surface area contributed by atoms with E-state index in [9.17, 15) is 4.79 Å². The first-order valence-electron chi connectivity index (χ1n) is 6.32. The summed E-state index contributed by atoms with van der Waals surface area (Å²) >= 11 is 0. The molecule has 0 saturated heterocycles. The van der Waals surface area contributed by atoms with Crippen molar-refractivity contribution < 1.29 is 4.79 Å². The van der Waals surface area contributed by atoms with Gasteiger partial charge < -0.3 is 11.1 Å². The van der Waals surface area contributed by atoms with Gasteiger partial charge in [-0.25, -0.2) is 0 Å². The van der Waals surface area contributed by atoms with Gasteiger partial charge in [-0.05, 0) is 42.3 Å². The Balaban J connectivity index is 1.99. The number of rotatable bonds is 5. The van der Waals surface area contributed by atoms with Gasteiger partial charge in [-0.2, -0.15) is 0 Å². The molecule has 0 unspecified atom stereocenters. The standard InChI is InChI=1S/C16H18N2O/c1-12(19)15-5-7-16(8-6-15)18-11-14-4-2-3-13(9-14)10-17/h2-9,18H,10-11,17H2,1H3. The molecule has 0 amide bonds. The van der Waals surface area contributed by atoms with Gasteiger partial charge in [0.2, 0.25) is 0 Å². The van der Waals surface area contributed by atoms with Gasteiger partial charge >= 0.3 is 0 Å². The van der Waals surface area contributed by atoms with Gasteiger partial charge in [-0.1, -0.05) is 24.3 Å². The van der Waals surface area contributed by atoms with Crippen LogP contribution in [0.15, 0.2) is 48.5 Å². The summed E-state index contributed by atoms with van der Waals surface area (Å²) in [7, 11) is 0. The Morgan fingerprint density at radius 3 is 2.42 bits per heavy atom. The fraction of sp³-hybridized carbons (Fsp3) is 0.188. The molecule has 0 fully saturated rings. The average molecular weight is 254 g/mol. The minimum atomic E-state index is 0.0854. The highest BCUT2D eigenvalue weighted by Gasteiger charge is 1.99. The third-order valence-corrected chi connectivity index (χ3v) is 3.02. The summed E-state index contributed by atoms with van der Waals surface area (Å²) in [5, 5.41) is 3.33. The lowest BCUT2D eigenvalue weighted by atomic mass is 10.1. The van der Waals surface area contributed by atoms with Crippen LogP contribution in [0.1, 0.15) is 28.4 Å². The van der Waals surface area contributed by atoms with Crippen LogP contribution in [0.4, 0.5) is 5.69 Å². The van der Waals surface area contributed by atoms with E-state index in [-0.39, 0.29) is 5.78 Å². The molecule has 2 rings (SSSR count). The summed E-state index contributed by atoms with van der Waals surface area (Å²) in [6.07, 6.45) is 0. The Bertz CT molecular complexity index is 561. The van der Waals surface area contributed by atoms with Crippen LogP contribution < -0.4 is 11.1 Å². The zero-order chi connectivity index (χ0) is 13.7. The van der Waals surface area contributed by atoms with Crippen molar-refractivity contribution in [2.75, 3.05) is 5.32 Å². The van der Waals surface area contributed by atoms with Crippen LogP contribution in [-0.2, 0) is 13.1 Å². The van der Waals surface area contributed by atoms with Crippen molar-refractivity contribution >= 4 is 11.5 Å². The molecule has 0 aliphatic carbocycles.